The van der Waals surface area contributed by atoms with E-state index in [0.29, 0.717) is 18.0 Å². The summed E-state index contributed by atoms with van der Waals surface area (Å²) in [6.45, 7) is 12.0. The Morgan fingerprint density at radius 2 is 1.81 bits per heavy atom. The average molecular weight is 230 g/mol. The number of methoxy groups -OCH3 is 1. The summed E-state index contributed by atoms with van der Waals surface area (Å²) >= 11 is 0. The van der Waals surface area contributed by atoms with E-state index in [4.69, 9.17) is 4.74 Å². The zero-order valence-corrected chi connectivity index (χ0v) is 11.9. The van der Waals surface area contributed by atoms with Crippen LogP contribution < -0.4 is 5.32 Å². The summed E-state index contributed by atoms with van der Waals surface area (Å²) in [5, 5.41) is 3.56. The van der Waals surface area contributed by atoms with Gasteiger partial charge in [0.1, 0.15) is 0 Å². The Morgan fingerprint density at radius 3 is 2.25 bits per heavy atom. The van der Waals surface area contributed by atoms with E-state index in [1.54, 1.807) is 7.11 Å². The first-order chi connectivity index (χ1) is 7.49. The molecule has 3 nitrogen and oxygen atoms in total. The Balaban J connectivity index is 3.62. The van der Waals surface area contributed by atoms with Gasteiger partial charge in [-0.05, 0) is 46.3 Å². The number of hydrogen-bond donors (Lipinski definition) is 1. The molecule has 0 radical (unpaired) electrons. The molecule has 0 aliphatic heterocycles. The molecule has 1 unspecified atom stereocenters. The van der Waals surface area contributed by atoms with Gasteiger partial charge in [-0.2, -0.15) is 0 Å². The van der Waals surface area contributed by atoms with Gasteiger partial charge in [-0.15, -0.1) is 0 Å². The van der Waals surface area contributed by atoms with Crippen molar-refractivity contribution >= 4 is 0 Å². The molecule has 0 bridgehead atoms. The van der Waals surface area contributed by atoms with Gasteiger partial charge < -0.3 is 15.0 Å². The van der Waals surface area contributed by atoms with Gasteiger partial charge in [0.25, 0.3) is 0 Å². The Kier molecular flexibility index (Phi) is 8.90. The Bertz CT molecular complexity index is 160. The first-order valence-electron chi connectivity index (χ1n) is 6.41. The van der Waals surface area contributed by atoms with Crippen LogP contribution in [0, 0.1) is 5.92 Å². The molecule has 0 aliphatic rings. The quantitative estimate of drug-likeness (QED) is 0.613. The lowest BCUT2D eigenvalue weighted by molar-refractivity contribution is 0.146. The molecule has 0 saturated carbocycles. The Morgan fingerprint density at radius 1 is 1.19 bits per heavy atom. The molecule has 1 atom stereocenters. The van der Waals surface area contributed by atoms with Crippen LogP contribution in [0.4, 0.5) is 0 Å². The maximum Gasteiger partial charge on any atom is 0.0618 e. The number of rotatable bonds is 9. The molecule has 16 heavy (non-hydrogen) atoms. The van der Waals surface area contributed by atoms with Gasteiger partial charge in [-0.25, -0.2) is 0 Å². The van der Waals surface area contributed by atoms with Crippen molar-refractivity contribution in [1.29, 1.82) is 0 Å². The zero-order valence-electron chi connectivity index (χ0n) is 11.9. The topological polar surface area (TPSA) is 24.5 Å². The molecule has 0 rings (SSSR count). The summed E-state index contributed by atoms with van der Waals surface area (Å²) in [6.07, 6.45) is 1.20. The molecule has 0 aliphatic carbocycles. The van der Waals surface area contributed by atoms with Gasteiger partial charge in [0.05, 0.1) is 6.61 Å². The van der Waals surface area contributed by atoms with Crippen molar-refractivity contribution in [3.05, 3.63) is 0 Å². The summed E-state index contributed by atoms with van der Waals surface area (Å²) in [7, 11) is 3.95. The maximum absolute atomic E-state index is 5.21. The average Bonchev–Trinajstić information content (AvgIpc) is 2.21. The normalized spacial score (nSPS) is 14.1. The smallest absolute Gasteiger partial charge is 0.0618 e. The summed E-state index contributed by atoms with van der Waals surface area (Å²) in [6, 6.07) is 1.12. The second-order valence-electron chi connectivity index (χ2n) is 5.19. The summed E-state index contributed by atoms with van der Waals surface area (Å²) in [5.74, 6) is 0.628. The van der Waals surface area contributed by atoms with Crippen LogP contribution in [0.15, 0.2) is 0 Å². The first-order valence-corrected chi connectivity index (χ1v) is 6.41. The third kappa shape index (κ3) is 7.20. The highest BCUT2D eigenvalue weighted by molar-refractivity contribution is 4.70. The highest BCUT2D eigenvalue weighted by Gasteiger charge is 2.11. The highest BCUT2D eigenvalue weighted by Crippen LogP contribution is 2.02. The van der Waals surface area contributed by atoms with Crippen molar-refractivity contribution in [3.63, 3.8) is 0 Å². The molecule has 0 amide bonds. The SMILES string of the molecule is COCC(NCCCN(C)C(C)C)C(C)C. The van der Waals surface area contributed by atoms with Crippen molar-refractivity contribution in [2.75, 3.05) is 33.9 Å². The molecule has 1 N–H and O–H groups in total. The van der Waals surface area contributed by atoms with Crippen LogP contribution in [0.3, 0.4) is 0 Å². The number of nitrogens with one attached hydrogen (secondary N) is 1. The largest absolute Gasteiger partial charge is 0.383 e. The van der Waals surface area contributed by atoms with Crippen molar-refractivity contribution in [1.82, 2.24) is 10.2 Å². The summed E-state index contributed by atoms with van der Waals surface area (Å²) < 4.78 is 5.21. The van der Waals surface area contributed by atoms with Gasteiger partial charge in [-0.1, -0.05) is 13.8 Å². The van der Waals surface area contributed by atoms with Crippen molar-refractivity contribution in [2.24, 2.45) is 5.92 Å². The zero-order chi connectivity index (χ0) is 12.6. The Hall–Kier alpha value is -0.120. The number of nitrogens with zero attached hydrogens (tertiary/aromatic N) is 1. The fourth-order valence-corrected chi connectivity index (χ4v) is 1.54. The number of ether oxygens (including phenoxy) is 1. The van der Waals surface area contributed by atoms with E-state index in [-0.39, 0.29) is 0 Å². The molecule has 0 aromatic heterocycles. The van der Waals surface area contributed by atoms with E-state index in [1.165, 1.54) is 6.42 Å². The first kappa shape index (κ1) is 15.9. The van der Waals surface area contributed by atoms with Crippen LogP contribution in [0.5, 0.6) is 0 Å². The lowest BCUT2D eigenvalue weighted by Gasteiger charge is -2.24. The molecule has 0 fully saturated rings. The summed E-state index contributed by atoms with van der Waals surface area (Å²) in [4.78, 5) is 2.38. The highest BCUT2D eigenvalue weighted by atomic mass is 16.5. The second kappa shape index (κ2) is 8.97. The Labute approximate surface area is 102 Å². The van der Waals surface area contributed by atoms with Crippen LogP contribution in [0.2, 0.25) is 0 Å². The molecule has 0 aromatic rings. The van der Waals surface area contributed by atoms with Crippen molar-refractivity contribution in [2.45, 2.75) is 46.2 Å². The van der Waals surface area contributed by atoms with Crippen molar-refractivity contribution < 1.29 is 4.74 Å². The molecule has 0 saturated heterocycles. The molecule has 0 spiro atoms. The van der Waals surface area contributed by atoms with Gasteiger partial charge in [-0.3, -0.25) is 0 Å². The monoisotopic (exact) mass is 230 g/mol. The third-order valence-corrected chi connectivity index (χ3v) is 3.13. The fraction of sp³-hybridized carbons (Fsp3) is 1.00. The third-order valence-electron chi connectivity index (χ3n) is 3.13. The van der Waals surface area contributed by atoms with Crippen LogP contribution >= 0.6 is 0 Å². The summed E-state index contributed by atoms with van der Waals surface area (Å²) in [5.41, 5.74) is 0. The molecule has 0 aromatic carbocycles. The van der Waals surface area contributed by atoms with E-state index in [1.807, 2.05) is 0 Å². The van der Waals surface area contributed by atoms with E-state index in [2.05, 4.69) is 45.0 Å². The predicted molar refractivity (Wildman–Crippen MR) is 70.9 cm³/mol. The minimum absolute atomic E-state index is 0.481. The van der Waals surface area contributed by atoms with Crippen LogP contribution in [-0.2, 0) is 4.74 Å². The fourth-order valence-electron chi connectivity index (χ4n) is 1.54. The van der Waals surface area contributed by atoms with Crippen LogP contribution in [0.1, 0.15) is 34.1 Å². The molecular weight excluding hydrogens is 200 g/mol. The molecule has 98 valence electrons. The van der Waals surface area contributed by atoms with Gasteiger partial charge in [0.15, 0.2) is 0 Å². The van der Waals surface area contributed by atoms with E-state index in [0.717, 1.165) is 19.7 Å². The molecule has 3 heteroatoms. The second-order valence-corrected chi connectivity index (χ2v) is 5.19. The van der Waals surface area contributed by atoms with Gasteiger partial charge >= 0.3 is 0 Å². The minimum Gasteiger partial charge on any atom is -0.383 e. The van der Waals surface area contributed by atoms with Crippen molar-refractivity contribution in [3.8, 4) is 0 Å². The molecule has 0 heterocycles. The minimum atomic E-state index is 0.481. The van der Waals surface area contributed by atoms with Crippen LogP contribution in [-0.4, -0.2) is 50.8 Å². The predicted octanol–water partition coefficient (Wildman–Crippen LogP) is 1.98. The lowest BCUT2D eigenvalue weighted by atomic mass is 10.1. The van der Waals surface area contributed by atoms with E-state index >= 15 is 0 Å². The number of hydrogen-bond acceptors (Lipinski definition) is 3. The maximum atomic E-state index is 5.21. The van der Waals surface area contributed by atoms with E-state index in [9.17, 15) is 0 Å². The lowest BCUT2D eigenvalue weighted by Crippen LogP contribution is -2.39. The van der Waals surface area contributed by atoms with Gasteiger partial charge in [0, 0.05) is 19.2 Å². The van der Waals surface area contributed by atoms with E-state index < -0.39 is 0 Å². The van der Waals surface area contributed by atoms with Gasteiger partial charge in [0.2, 0.25) is 0 Å². The standard InChI is InChI=1S/C13H30N2O/c1-11(2)13(10-16-6)14-8-7-9-15(5)12(3)4/h11-14H,7-10H2,1-6H3. The molecular formula is C13H30N2O. The van der Waals surface area contributed by atoms with Crippen LogP contribution in [0.25, 0.3) is 0 Å².